The van der Waals surface area contributed by atoms with E-state index in [2.05, 4.69) is 31.2 Å². The molecule has 56 heavy (non-hydrogen) atoms. The van der Waals surface area contributed by atoms with E-state index in [0.717, 1.165) is 33.6 Å². The number of alkyl carbamates (subject to hydrolysis) is 1. The number of amides is 4. The molecule has 13 heteroatoms. The van der Waals surface area contributed by atoms with Crippen molar-refractivity contribution in [1.29, 1.82) is 0 Å². The number of methoxy groups -OCH3 is 1. The summed E-state index contributed by atoms with van der Waals surface area (Å²) < 4.78 is 4.80. The number of rotatable bonds is 15. The molecule has 2 heterocycles. The van der Waals surface area contributed by atoms with Crippen molar-refractivity contribution < 1.29 is 34.1 Å². The maximum Gasteiger partial charge on any atom is 0.407 e. The third-order valence-corrected chi connectivity index (χ3v) is 9.40. The number of ether oxygens (including phenoxy) is 1. The fourth-order valence-corrected chi connectivity index (χ4v) is 6.36. The number of hydrogen-bond donors (Lipinski definition) is 6. The lowest BCUT2D eigenvalue weighted by atomic mass is 9.85. The van der Waals surface area contributed by atoms with E-state index < -0.39 is 65.1 Å². The Morgan fingerprint density at radius 3 is 1.54 bits per heavy atom. The topological polar surface area (TPSA) is 192 Å². The summed E-state index contributed by atoms with van der Waals surface area (Å²) in [5.74, 6) is -1.08. The van der Waals surface area contributed by atoms with Crippen LogP contribution in [0.3, 0.4) is 0 Å². The maximum absolute atomic E-state index is 13.9. The molecule has 0 spiro atoms. The molecule has 4 aromatic rings. The van der Waals surface area contributed by atoms with Crippen molar-refractivity contribution in [3.05, 3.63) is 108 Å². The SMILES string of the molecule is COC(=O)N[C@H](C(=O)N[C@@H](Cc1ccc(-c2ccccn2)cc1)C[C@H](O)[C@H](Cc1ccc(-c2ccccn2)cc1)NC(=O)[C@H](NC(=O)O)C(C)(C)C)C(C)(C)C. The molecule has 2 aromatic carbocycles. The zero-order valence-electron chi connectivity index (χ0n) is 33.1. The van der Waals surface area contributed by atoms with Gasteiger partial charge in [0.1, 0.15) is 12.1 Å². The van der Waals surface area contributed by atoms with Crippen LogP contribution in [0.4, 0.5) is 9.59 Å². The Labute approximate surface area is 328 Å². The summed E-state index contributed by atoms with van der Waals surface area (Å²) in [7, 11) is 1.22. The average molecular weight is 767 g/mol. The molecular weight excluding hydrogens is 713 g/mol. The second-order valence-corrected chi connectivity index (χ2v) is 16.0. The third-order valence-electron chi connectivity index (χ3n) is 9.40. The first kappa shape index (κ1) is 42.9. The zero-order valence-corrected chi connectivity index (χ0v) is 33.1. The Morgan fingerprint density at radius 2 is 1.11 bits per heavy atom. The van der Waals surface area contributed by atoms with Gasteiger partial charge >= 0.3 is 12.2 Å². The normalized spacial score (nSPS) is 14.3. The number of nitrogens with zero attached hydrogens (tertiary/aromatic N) is 2. The minimum atomic E-state index is -1.35. The fraction of sp³-hybridized carbons (Fsp3) is 0.395. The van der Waals surface area contributed by atoms with Crippen molar-refractivity contribution in [2.45, 2.75) is 91.1 Å². The summed E-state index contributed by atoms with van der Waals surface area (Å²) in [4.78, 5) is 60.6. The second kappa shape index (κ2) is 19.2. The van der Waals surface area contributed by atoms with Crippen LogP contribution in [0.25, 0.3) is 22.5 Å². The zero-order chi connectivity index (χ0) is 41.0. The van der Waals surface area contributed by atoms with Crippen LogP contribution in [0.1, 0.15) is 59.1 Å². The molecule has 0 radical (unpaired) electrons. The standard InChI is InChI=1S/C43H54N6O7/c1-42(2,3)36(48-40(53)54)39(52)47-34(25-28-16-20-30(21-17-28)33-13-9-11-23-45-33)35(50)26-31(46-38(51)37(43(4,5)6)49-41(55)56-7)24-27-14-18-29(19-15-27)32-12-8-10-22-44-32/h8-23,31,34-37,48,50H,24-26H2,1-7H3,(H,46,51)(H,47,52)(H,49,55)(H,53,54)/t31-,34-,35-,36-,37+/m0/s1. The molecule has 4 amide bonds. The molecule has 0 aliphatic heterocycles. The van der Waals surface area contributed by atoms with Gasteiger partial charge < -0.3 is 36.2 Å². The van der Waals surface area contributed by atoms with Crippen LogP contribution in [0.15, 0.2) is 97.3 Å². The fourth-order valence-electron chi connectivity index (χ4n) is 6.36. The Morgan fingerprint density at radius 1 is 0.643 bits per heavy atom. The molecule has 2 aromatic heterocycles. The van der Waals surface area contributed by atoms with E-state index in [-0.39, 0.29) is 12.8 Å². The number of aromatic nitrogens is 2. The Hall–Kier alpha value is -5.82. The first-order valence-electron chi connectivity index (χ1n) is 18.6. The van der Waals surface area contributed by atoms with Gasteiger partial charge in [0, 0.05) is 29.6 Å². The van der Waals surface area contributed by atoms with E-state index in [1.54, 1.807) is 33.2 Å². The first-order valence-corrected chi connectivity index (χ1v) is 18.6. The Kier molecular flexibility index (Phi) is 14.7. The largest absolute Gasteiger partial charge is 0.465 e. The van der Waals surface area contributed by atoms with Crippen molar-refractivity contribution in [2.75, 3.05) is 7.11 Å². The first-order chi connectivity index (χ1) is 26.4. The van der Waals surface area contributed by atoms with Gasteiger partial charge in [-0.2, -0.15) is 0 Å². The van der Waals surface area contributed by atoms with Crippen molar-refractivity contribution in [1.82, 2.24) is 31.2 Å². The Bertz CT molecular complexity index is 1890. The number of carboxylic acid groups (broad SMARTS) is 1. The van der Waals surface area contributed by atoms with Crippen LogP contribution in [0.2, 0.25) is 0 Å². The van der Waals surface area contributed by atoms with Crippen molar-refractivity contribution >= 4 is 24.0 Å². The van der Waals surface area contributed by atoms with Gasteiger partial charge in [-0.3, -0.25) is 19.6 Å². The molecule has 6 N–H and O–H groups in total. The predicted octanol–water partition coefficient (Wildman–Crippen LogP) is 5.77. The summed E-state index contributed by atoms with van der Waals surface area (Å²) in [5.41, 5.74) is 3.55. The molecule has 5 atom stereocenters. The lowest BCUT2D eigenvalue weighted by molar-refractivity contribution is -0.128. The van der Waals surface area contributed by atoms with Crippen LogP contribution < -0.4 is 21.3 Å². The number of hydrogen-bond acceptors (Lipinski definition) is 8. The summed E-state index contributed by atoms with van der Waals surface area (Å²) in [6.45, 7) is 10.7. The van der Waals surface area contributed by atoms with Crippen LogP contribution in [0, 0.1) is 10.8 Å². The Balaban J connectivity index is 1.67. The smallest absolute Gasteiger partial charge is 0.407 e. The summed E-state index contributed by atoms with van der Waals surface area (Å²) in [6, 6.07) is 22.9. The minimum Gasteiger partial charge on any atom is -0.465 e. The molecule has 0 fully saturated rings. The quantitative estimate of drug-likeness (QED) is 0.0872. The maximum atomic E-state index is 13.9. The van der Waals surface area contributed by atoms with E-state index in [4.69, 9.17) is 4.74 Å². The summed E-state index contributed by atoms with van der Waals surface area (Å²) in [6.07, 6.45) is 0.566. The number of aliphatic hydroxyl groups excluding tert-OH is 1. The summed E-state index contributed by atoms with van der Waals surface area (Å²) in [5, 5.41) is 32.6. The number of carbonyl (C=O) groups excluding carboxylic acids is 3. The third kappa shape index (κ3) is 12.6. The summed E-state index contributed by atoms with van der Waals surface area (Å²) >= 11 is 0. The van der Waals surface area contributed by atoms with Crippen molar-refractivity contribution in [2.24, 2.45) is 10.8 Å². The molecule has 0 bridgehead atoms. The molecule has 0 unspecified atom stereocenters. The molecule has 4 rings (SSSR count). The monoisotopic (exact) mass is 766 g/mol. The van der Waals surface area contributed by atoms with Gasteiger partial charge in [-0.15, -0.1) is 0 Å². The highest BCUT2D eigenvalue weighted by molar-refractivity contribution is 5.87. The van der Waals surface area contributed by atoms with E-state index in [9.17, 15) is 29.4 Å². The highest BCUT2D eigenvalue weighted by atomic mass is 16.5. The van der Waals surface area contributed by atoms with Crippen LogP contribution in [0.5, 0.6) is 0 Å². The molecule has 298 valence electrons. The second-order valence-electron chi connectivity index (χ2n) is 16.0. The van der Waals surface area contributed by atoms with E-state index in [0.29, 0.717) is 6.42 Å². The van der Waals surface area contributed by atoms with E-state index in [1.165, 1.54) is 7.11 Å². The number of nitrogens with one attached hydrogen (secondary N) is 4. The van der Waals surface area contributed by atoms with Gasteiger partial charge in [-0.05, 0) is 65.5 Å². The van der Waals surface area contributed by atoms with Gasteiger partial charge in [0.25, 0.3) is 0 Å². The minimum absolute atomic E-state index is 0.00761. The van der Waals surface area contributed by atoms with Crippen LogP contribution >= 0.6 is 0 Å². The van der Waals surface area contributed by atoms with Crippen LogP contribution in [-0.2, 0) is 27.2 Å². The molecule has 0 aliphatic carbocycles. The highest BCUT2D eigenvalue weighted by Crippen LogP contribution is 2.24. The molecular formula is C43H54N6O7. The van der Waals surface area contributed by atoms with Gasteiger partial charge in [-0.1, -0.05) is 102 Å². The van der Waals surface area contributed by atoms with Crippen molar-refractivity contribution in [3.8, 4) is 22.5 Å². The highest BCUT2D eigenvalue weighted by Gasteiger charge is 2.37. The van der Waals surface area contributed by atoms with Gasteiger partial charge in [0.05, 0.1) is 30.6 Å². The lowest BCUT2D eigenvalue weighted by Gasteiger charge is -2.34. The van der Waals surface area contributed by atoms with E-state index in [1.807, 2.05) is 106 Å². The molecule has 0 saturated carbocycles. The molecule has 0 saturated heterocycles. The lowest BCUT2D eigenvalue weighted by Crippen LogP contribution is -2.58. The average Bonchev–Trinajstić information content (AvgIpc) is 3.15. The van der Waals surface area contributed by atoms with Crippen LogP contribution in [-0.4, -0.2) is 81.6 Å². The van der Waals surface area contributed by atoms with Crippen molar-refractivity contribution in [3.63, 3.8) is 0 Å². The van der Waals surface area contributed by atoms with Gasteiger partial charge in [0.15, 0.2) is 0 Å². The molecule has 13 nitrogen and oxygen atoms in total. The number of pyridine rings is 2. The van der Waals surface area contributed by atoms with Gasteiger partial charge in [-0.25, -0.2) is 9.59 Å². The number of benzene rings is 2. The number of carbonyl (C=O) groups is 4. The predicted molar refractivity (Wildman–Crippen MR) is 214 cm³/mol. The molecule has 0 aliphatic rings. The van der Waals surface area contributed by atoms with E-state index >= 15 is 0 Å². The number of aliphatic hydroxyl groups is 1. The van der Waals surface area contributed by atoms with Gasteiger partial charge in [0.2, 0.25) is 11.8 Å².